The molecule has 0 saturated carbocycles. The molecule has 1 N–H and O–H groups in total. The smallest absolute Gasteiger partial charge is 0.266 e. The number of fused-ring (bicyclic) bond motifs is 1. The van der Waals surface area contributed by atoms with Gasteiger partial charge in [0, 0.05) is 16.3 Å². The highest BCUT2D eigenvalue weighted by molar-refractivity contribution is 8.00. The van der Waals surface area contributed by atoms with Gasteiger partial charge in [0.05, 0.1) is 14.8 Å². The van der Waals surface area contributed by atoms with E-state index in [4.69, 9.17) is 16.4 Å². The maximum atomic E-state index is 13.0. The summed E-state index contributed by atoms with van der Waals surface area (Å²) in [5.74, 6) is -0.0941. The maximum absolute atomic E-state index is 13.0. The number of carbonyl (C=O) groups is 1. The molecule has 2 aromatic rings. The Bertz CT molecular complexity index is 857. The Balaban J connectivity index is 2.02. The molecule has 0 radical (unpaired) electrons. The van der Waals surface area contributed by atoms with Gasteiger partial charge in [0.1, 0.15) is 7.11 Å². The molecule has 7 heteroatoms. The van der Waals surface area contributed by atoms with Gasteiger partial charge >= 0.3 is 0 Å². The number of amides is 1. The first-order valence-electron chi connectivity index (χ1n) is 8.21. The first-order chi connectivity index (χ1) is 12.3. The van der Waals surface area contributed by atoms with Gasteiger partial charge in [-0.2, -0.15) is 0 Å². The zero-order valence-corrected chi connectivity index (χ0v) is 17.6. The highest BCUT2D eigenvalue weighted by Gasteiger charge is 2.36. The molecular formula is C19H21ClN2O2S2. The second kappa shape index (κ2) is 7.62. The minimum Gasteiger partial charge on any atom is -0.399 e. The van der Waals surface area contributed by atoms with Crippen LogP contribution in [0.2, 0.25) is 5.02 Å². The summed E-state index contributed by atoms with van der Waals surface area (Å²) in [6, 6.07) is 7.14. The third-order valence-electron chi connectivity index (χ3n) is 4.26. The number of rotatable bonds is 4. The third kappa shape index (κ3) is 3.92. The van der Waals surface area contributed by atoms with Gasteiger partial charge in [-0.05, 0) is 54.3 Å². The van der Waals surface area contributed by atoms with Crippen LogP contribution >= 0.6 is 34.7 Å². The third-order valence-corrected chi connectivity index (χ3v) is 6.86. The van der Waals surface area contributed by atoms with Gasteiger partial charge in [0.25, 0.3) is 5.91 Å². The Labute approximate surface area is 167 Å². The molecule has 0 atom stereocenters. The second-order valence-corrected chi connectivity index (χ2v) is 9.51. The molecule has 0 saturated heterocycles. The van der Waals surface area contributed by atoms with Crippen LogP contribution in [0, 0.1) is 5.41 Å². The van der Waals surface area contributed by atoms with Crippen molar-refractivity contribution in [2.75, 3.05) is 18.7 Å². The first kappa shape index (κ1) is 19.3. The maximum Gasteiger partial charge on any atom is 0.266 e. The van der Waals surface area contributed by atoms with Crippen LogP contribution in [0.1, 0.15) is 41.1 Å². The highest BCUT2D eigenvalue weighted by Crippen LogP contribution is 2.45. The minimum atomic E-state index is -0.0941. The van der Waals surface area contributed by atoms with Crippen LogP contribution in [-0.2, 0) is 11.3 Å². The number of nitrogens with zero attached hydrogens (tertiary/aromatic N) is 1. The summed E-state index contributed by atoms with van der Waals surface area (Å²) < 4.78 is 1.10. The summed E-state index contributed by atoms with van der Waals surface area (Å²) in [4.78, 5) is 18.8. The summed E-state index contributed by atoms with van der Waals surface area (Å²) in [5, 5.41) is 7.88. The van der Waals surface area contributed by atoms with Gasteiger partial charge in [0.15, 0.2) is 0 Å². The minimum absolute atomic E-state index is 0.0242. The molecule has 26 heavy (non-hydrogen) atoms. The number of hydrogen-bond donors (Lipinski definition) is 1. The molecule has 0 unspecified atom stereocenters. The van der Waals surface area contributed by atoms with E-state index in [1.54, 1.807) is 43.1 Å². The summed E-state index contributed by atoms with van der Waals surface area (Å²) in [6.07, 6.45) is 3.69. The number of oxime groups is 1. The fraction of sp³-hybridized carbons (Fsp3) is 0.368. The van der Waals surface area contributed by atoms with Crippen molar-refractivity contribution in [3.05, 3.63) is 45.3 Å². The summed E-state index contributed by atoms with van der Waals surface area (Å²) in [7, 11) is 1.56. The second-order valence-electron chi connectivity index (χ2n) is 6.98. The lowest BCUT2D eigenvalue weighted by molar-refractivity contribution is 0.102. The quantitative estimate of drug-likeness (QED) is 0.521. The lowest BCUT2D eigenvalue weighted by atomic mass is 9.74. The topological polar surface area (TPSA) is 50.7 Å². The summed E-state index contributed by atoms with van der Waals surface area (Å²) >= 11 is 9.09. The summed E-state index contributed by atoms with van der Waals surface area (Å²) in [5.41, 5.74) is 3.82. The summed E-state index contributed by atoms with van der Waals surface area (Å²) in [6.45, 7) is 4.39. The average molecular weight is 409 g/mol. The van der Waals surface area contributed by atoms with Crippen molar-refractivity contribution in [3.8, 4) is 0 Å². The number of thioether (sulfide) groups is 1. The zero-order chi connectivity index (χ0) is 18.9. The molecule has 0 fully saturated rings. The van der Waals surface area contributed by atoms with Crippen LogP contribution in [0.3, 0.4) is 0 Å². The number of carbonyl (C=O) groups excluding carboxylic acids is 1. The Morgan fingerprint density at radius 2 is 2.00 bits per heavy atom. The van der Waals surface area contributed by atoms with E-state index < -0.39 is 0 Å². The molecule has 1 heterocycles. The van der Waals surface area contributed by atoms with Gasteiger partial charge in [-0.25, -0.2) is 0 Å². The van der Waals surface area contributed by atoms with Crippen LogP contribution in [0.15, 0.2) is 33.6 Å². The molecule has 138 valence electrons. The predicted molar refractivity (Wildman–Crippen MR) is 111 cm³/mol. The Kier molecular flexibility index (Phi) is 5.65. The first-order valence-corrected chi connectivity index (χ1v) is 10.6. The highest BCUT2D eigenvalue weighted by atomic mass is 35.5. The molecule has 1 amide bonds. The largest absolute Gasteiger partial charge is 0.399 e. The zero-order valence-electron chi connectivity index (χ0n) is 15.2. The normalized spacial score (nSPS) is 17.0. The van der Waals surface area contributed by atoms with E-state index in [-0.39, 0.29) is 11.3 Å². The molecule has 1 aromatic heterocycles. The predicted octanol–water partition coefficient (Wildman–Crippen LogP) is 5.70. The van der Waals surface area contributed by atoms with Gasteiger partial charge in [-0.15, -0.1) is 23.1 Å². The van der Waals surface area contributed by atoms with Gasteiger partial charge < -0.3 is 10.2 Å². The van der Waals surface area contributed by atoms with Crippen LogP contribution in [0.5, 0.6) is 0 Å². The molecule has 4 nitrogen and oxygen atoms in total. The molecule has 0 aliphatic heterocycles. The van der Waals surface area contributed by atoms with Crippen LogP contribution in [0.25, 0.3) is 0 Å². The van der Waals surface area contributed by atoms with E-state index >= 15 is 0 Å². The number of hydrogen-bond acceptors (Lipinski definition) is 5. The van der Waals surface area contributed by atoms with Crippen molar-refractivity contribution in [2.45, 2.75) is 30.9 Å². The molecule has 1 aliphatic rings. The van der Waals surface area contributed by atoms with Crippen molar-refractivity contribution in [3.63, 3.8) is 0 Å². The molecule has 1 aromatic carbocycles. The van der Waals surface area contributed by atoms with Crippen LogP contribution < -0.4 is 5.32 Å². The molecule has 0 bridgehead atoms. The fourth-order valence-electron chi connectivity index (χ4n) is 3.22. The Morgan fingerprint density at radius 1 is 1.31 bits per heavy atom. The van der Waals surface area contributed by atoms with E-state index in [9.17, 15) is 4.79 Å². The molecule has 1 aliphatic carbocycles. The van der Waals surface area contributed by atoms with Crippen molar-refractivity contribution >= 4 is 52.0 Å². The van der Waals surface area contributed by atoms with Crippen molar-refractivity contribution in [1.29, 1.82) is 0 Å². The van der Waals surface area contributed by atoms with Gasteiger partial charge in [-0.3, -0.25) is 4.79 Å². The Morgan fingerprint density at radius 3 is 2.62 bits per heavy atom. The standard InChI is InChI=1S/C19H21ClN2O2S2/c1-19(2)9-13-15(14(10-19)22-24-3)18(25-4)26-16(13)17(23)21-12-7-5-11(20)6-8-12/h5-8H,9-10H2,1-4H3,(H,21,23)/b22-14-. The number of nitrogens with one attached hydrogen (secondary N) is 1. The van der Waals surface area contributed by atoms with E-state index in [0.29, 0.717) is 5.02 Å². The van der Waals surface area contributed by atoms with Crippen molar-refractivity contribution in [1.82, 2.24) is 0 Å². The molecule has 0 spiro atoms. The Hall–Kier alpha value is -1.50. The van der Waals surface area contributed by atoms with Crippen LogP contribution in [-0.4, -0.2) is 25.0 Å². The lowest BCUT2D eigenvalue weighted by Crippen LogP contribution is -2.28. The van der Waals surface area contributed by atoms with Crippen LogP contribution in [0.4, 0.5) is 5.69 Å². The van der Waals surface area contributed by atoms with E-state index in [2.05, 4.69) is 24.3 Å². The van der Waals surface area contributed by atoms with Crippen molar-refractivity contribution < 1.29 is 9.63 Å². The lowest BCUT2D eigenvalue weighted by Gasteiger charge is -2.31. The number of benzene rings is 1. The molecular weight excluding hydrogens is 388 g/mol. The number of anilines is 1. The van der Waals surface area contributed by atoms with Gasteiger partial charge in [-0.1, -0.05) is 30.6 Å². The van der Waals surface area contributed by atoms with E-state index in [0.717, 1.165) is 44.5 Å². The van der Waals surface area contributed by atoms with Crippen molar-refractivity contribution in [2.24, 2.45) is 10.6 Å². The number of halogens is 1. The van der Waals surface area contributed by atoms with E-state index in [1.165, 1.54) is 11.3 Å². The fourth-order valence-corrected chi connectivity index (χ4v) is 5.35. The molecule has 3 rings (SSSR count). The SMILES string of the molecule is CO/N=C1/CC(C)(C)Cc2c(C(=O)Nc3ccc(Cl)cc3)sc(SC)c21. The van der Waals surface area contributed by atoms with E-state index in [1.807, 2.05) is 6.26 Å². The monoisotopic (exact) mass is 408 g/mol. The average Bonchev–Trinajstić information content (AvgIpc) is 2.94. The van der Waals surface area contributed by atoms with Gasteiger partial charge in [0.2, 0.25) is 0 Å². The number of thiophene rings is 1.